The van der Waals surface area contributed by atoms with E-state index < -0.39 is 0 Å². The van der Waals surface area contributed by atoms with Crippen LogP contribution >= 0.6 is 148 Å². The van der Waals surface area contributed by atoms with E-state index in [1.807, 2.05) is 125 Å². The third-order valence-corrected chi connectivity index (χ3v) is 46.3. The number of nitrogens with zero attached hydrogens (tertiary/aromatic N) is 4. The molecule has 0 N–H and O–H groups in total. The Morgan fingerprint density at radius 2 is 0.741 bits per heavy atom. The molecule has 23 rings (SSSR count). The number of aryl methyl sites for hydroxylation is 29. The van der Waals surface area contributed by atoms with Gasteiger partial charge < -0.3 is 18.9 Å². The van der Waals surface area contributed by atoms with Crippen LogP contribution in [0.25, 0.3) is 133 Å². The molecular weight excluding hydrogens is 2030 g/mol. The van der Waals surface area contributed by atoms with Crippen molar-refractivity contribution in [3.8, 4) is 21.3 Å². The molecule has 6 aromatic carbocycles. The molecule has 0 unspecified atom stereocenters. The van der Waals surface area contributed by atoms with E-state index in [9.17, 15) is 0 Å². The molecule has 22 aromatic rings. The molecule has 1 aliphatic rings. The predicted molar refractivity (Wildman–Crippen MR) is 621 cm³/mol. The van der Waals surface area contributed by atoms with Gasteiger partial charge in [-0.1, -0.05) is 36.0 Å². The van der Waals surface area contributed by atoms with Crippen LogP contribution in [0.5, 0.6) is 11.5 Å². The summed E-state index contributed by atoms with van der Waals surface area (Å²) < 4.78 is 30.6. The molecule has 0 fully saturated rings. The standard InChI is InChI=1S/C18H22O2S2.C15H15NS.C14H14S3.C14H14S2.C14H16S2.C14H14Se2.C13H13NS.C12H12N2S2/c1-7-19-15-13-9(3)11(5)22-18(13)16(20-8-2)14-10(4)12(6)21-17(14)15;1-10-4-6-14-12(8-10)16(3)13-9-11(2)5-7-15(13)17-14;1-7-5-11(15-9(7)3)12-6-13-14(17-12)8(2)10(4)16-13;1-7-9(3)15-13-6-12-8(2)10(4)16-14(12)5-11(7)13;1-9-7-11(3)15-13(9)5-6-14-10(2)8-12(4)16-14;1-7-9(3)15-13-6-12-8(2)10(4)16-14(12)5-11(7)13;1-8-4-5-10-11(6-8)14(3)12-7-9(2)15-13(10)12;1-5-7(3)15-11-9(5)13-12-10(14-11)6(2)8(4)16-12/h7-8H2,1-6H3;4-9H,1-3H3;5-6H,1-4H3;5-6H,1-4H3;5-8H,1-4H3;5-6H,1-4H3;4-7H,1-3H3;1-4H3/b;;;;6-5+;;;. The number of fused-ring (bicyclic) bond motifs is 14. The third kappa shape index (κ3) is 20.3. The smallest absolute Gasteiger partial charge is 0.143 e. The molecular formula is C114H120N4O2S13Se2. The molecule has 17 heterocycles. The summed E-state index contributed by atoms with van der Waals surface area (Å²) in [5.74, 6) is 2.08. The van der Waals surface area contributed by atoms with Crippen molar-refractivity contribution in [1.82, 2.24) is 14.5 Å². The molecule has 135 heavy (non-hydrogen) atoms. The quantitative estimate of drug-likeness (QED) is 0.148. The molecule has 0 bridgehead atoms. The maximum Gasteiger partial charge on any atom is 0.143 e. The Balaban J connectivity index is 0.000000112. The van der Waals surface area contributed by atoms with E-state index in [1.165, 1.54) is 249 Å². The summed E-state index contributed by atoms with van der Waals surface area (Å²) in [6.45, 7) is 66.9. The average Bonchev–Trinajstić information content (AvgIpc) is 1.58. The van der Waals surface area contributed by atoms with E-state index in [0.717, 1.165) is 32.2 Å². The number of rotatable bonds is 7. The average molecular weight is 2150 g/mol. The van der Waals surface area contributed by atoms with Crippen molar-refractivity contribution in [2.75, 3.05) is 25.2 Å². The summed E-state index contributed by atoms with van der Waals surface area (Å²) in [4.78, 5) is 37.5. The first kappa shape index (κ1) is 100. The van der Waals surface area contributed by atoms with Gasteiger partial charge in [-0.05, 0) is 348 Å². The van der Waals surface area contributed by atoms with Crippen molar-refractivity contribution < 1.29 is 9.47 Å². The van der Waals surface area contributed by atoms with Crippen molar-refractivity contribution >= 4 is 311 Å². The van der Waals surface area contributed by atoms with Crippen LogP contribution in [0.3, 0.4) is 0 Å². The predicted octanol–water partition coefficient (Wildman–Crippen LogP) is 38.7. The van der Waals surface area contributed by atoms with Crippen LogP contribution in [-0.2, 0) is 7.05 Å². The zero-order valence-corrected chi connectivity index (χ0v) is 97.7. The van der Waals surface area contributed by atoms with Crippen LogP contribution in [0.2, 0.25) is 0 Å². The van der Waals surface area contributed by atoms with E-state index in [4.69, 9.17) is 19.4 Å². The van der Waals surface area contributed by atoms with Crippen molar-refractivity contribution in [3.63, 3.8) is 0 Å². The van der Waals surface area contributed by atoms with Gasteiger partial charge in [0.05, 0.1) is 44.2 Å². The SMILES string of the molecule is CCOc1c2sc(C)c(C)c2c(OCC)c2sc(C)c(C)c12.Cc1[se]c2cc3c(C)c(C)[se]c3cc2c1C.Cc1cc(-c2cc3sc(C)c(C)c3s2)sc1C.Cc1cc(C)c(/C=C/c2sc(C)cc2C)s1.Cc1ccc2c(c1)N(C)c1cc(C)ccc1S2.Cc1ccc2c3sc(C)cc3n(C)c2c1.Cc1sc2cc3c(C)c(C)sc3cc2c1C.Cc1sc2nc3c(C)c(C)sc3nc2c1C. The van der Waals surface area contributed by atoms with Crippen LogP contribution in [0, 0.1) is 194 Å². The van der Waals surface area contributed by atoms with Crippen molar-refractivity contribution in [1.29, 1.82) is 0 Å². The minimum Gasteiger partial charge on any atom is -0.343 e. The van der Waals surface area contributed by atoms with E-state index in [1.54, 1.807) is 50.8 Å². The second kappa shape index (κ2) is 41.3. The molecule has 16 aromatic heterocycles. The Kier molecular flexibility index (Phi) is 30.7. The second-order valence-electron chi connectivity index (χ2n) is 35.8. The number of hydrogen-bond acceptors (Lipinski definition) is 18. The van der Waals surface area contributed by atoms with Gasteiger partial charge in [-0.15, -0.1) is 136 Å². The monoisotopic (exact) mass is 2150 g/mol. The van der Waals surface area contributed by atoms with Gasteiger partial charge in [0.1, 0.15) is 32.2 Å². The van der Waals surface area contributed by atoms with Crippen LogP contribution < -0.4 is 14.4 Å². The Hall–Kier alpha value is -7.57. The second-order valence-corrected chi connectivity index (χ2v) is 56.9. The topological polar surface area (TPSA) is 52.4 Å². The van der Waals surface area contributed by atoms with Gasteiger partial charge in [0, 0.05) is 138 Å². The molecule has 0 saturated carbocycles. The maximum atomic E-state index is 6.09. The number of hydrogen-bond donors (Lipinski definition) is 0. The van der Waals surface area contributed by atoms with Gasteiger partial charge in [-0.2, -0.15) is 0 Å². The third-order valence-electron chi connectivity index (χ3n) is 26.2. The minimum absolute atomic E-state index is 0.582. The molecule has 698 valence electrons. The summed E-state index contributed by atoms with van der Waals surface area (Å²) in [6, 6.07) is 41.1. The van der Waals surface area contributed by atoms with Gasteiger partial charge in [-0.3, -0.25) is 0 Å². The summed E-state index contributed by atoms with van der Waals surface area (Å²) in [5.41, 5.74) is 28.2. The molecule has 0 saturated heterocycles. The molecule has 1 aliphatic heterocycles. The van der Waals surface area contributed by atoms with E-state index in [-0.39, 0.29) is 0 Å². The summed E-state index contributed by atoms with van der Waals surface area (Å²) in [5, 5.41) is 9.83. The Bertz CT molecular complexity index is 7660. The number of anilines is 2. The van der Waals surface area contributed by atoms with Crippen LogP contribution in [0.4, 0.5) is 11.4 Å². The van der Waals surface area contributed by atoms with Crippen LogP contribution in [0.1, 0.15) is 170 Å². The zero-order chi connectivity index (χ0) is 96.8. The first-order valence-electron chi connectivity index (χ1n) is 45.8. The molecule has 0 atom stereocenters. The summed E-state index contributed by atoms with van der Waals surface area (Å²) in [7, 11) is 4.30. The molecule has 0 amide bonds. The summed E-state index contributed by atoms with van der Waals surface area (Å²) in [6.07, 6.45) is 4.48. The normalized spacial score (nSPS) is 11.8. The van der Waals surface area contributed by atoms with E-state index >= 15 is 0 Å². The molecule has 6 nitrogen and oxygen atoms in total. The number of benzene rings is 6. The van der Waals surface area contributed by atoms with Gasteiger partial charge in [0.2, 0.25) is 0 Å². The van der Waals surface area contributed by atoms with Gasteiger partial charge in [-0.25, -0.2) is 9.97 Å². The molecule has 21 heteroatoms. The fourth-order valence-corrected chi connectivity index (χ4v) is 35.9. The number of ether oxygens (including phenoxy) is 2. The van der Waals surface area contributed by atoms with Crippen molar-refractivity contribution in [3.05, 3.63) is 265 Å². The zero-order valence-electron chi connectivity index (χ0n) is 83.7. The first-order chi connectivity index (χ1) is 64.2. The molecule has 0 aliphatic carbocycles. The number of aromatic nitrogens is 3. The Labute approximate surface area is 861 Å². The molecule has 0 radical (unpaired) electrons. The van der Waals surface area contributed by atoms with Crippen molar-refractivity contribution in [2.45, 2.75) is 218 Å². The van der Waals surface area contributed by atoms with Crippen molar-refractivity contribution in [2.24, 2.45) is 7.05 Å². The largest absolute Gasteiger partial charge is 0.343 e. The number of thiophene rings is 12. The fraction of sp³-hybridized carbons (Fsp3) is 0.298. The van der Waals surface area contributed by atoms with Crippen LogP contribution in [-0.4, -0.2) is 63.8 Å². The van der Waals surface area contributed by atoms with Gasteiger partial charge in [0.25, 0.3) is 0 Å². The van der Waals surface area contributed by atoms with Gasteiger partial charge >= 0.3 is 108 Å². The minimum atomic E-state index is 0.582. The Morgan fingerprint density at radius 3 is 1.18 bits per heavy atom. The van der Waals surface area contributed by atoms with E-state index in [0.29, 0.717) is 42.2 Å². The maximum absolute atomic E-state index is 6.09. The van der Waals surface area contributed by atoms with E-state index in [2.05, 4.69) is 353 Å². The molecule has 0 spiro atoms. The Morgan fingerprint density at radius 1 is 0.319 bits per heavy atom. The van der Waals surface area contributed by atoms with Crippen LogP contribution in [0.15, 0.2) is 119 Å². The first-order valence-corrected chi connectivity index (χ1v) is 59.8. The van der Waals surface area contributed by atoms with Gasteiger partial charge in [0.15, 0.2) is 0 Å². The summed E-state index contributed by atoms with van der Waals surface area (Å²) >= 11 is 25.4. The fourth-order valence-electron chi connectivity index (χ4n) is 17.2.